The first kappa shape index (κ1) is 10.4. The highest BCUT2D eigenvalue weighted by molar-refractivity contribution is 6.34. The van der Waals surface area contributed by atoms with Crippen LogP contribution >= 0.6 is 0 Å². The third kappa shape index (κ3) is 3.55. The molecule has 0 aliphatic rings. The van der Waals surface area contributed by atoms with Crippen molar-refractivity contribution in [3.63, 3.8) is 0 Å². The van der Waals surface area contributed by atoms with Gasteiger partial charge in [-0.05, 0) is 5.53 Å². The van der Waals surface area contributed by atoms with Crippen LogP contribution in [-0.2, 0) is 4.79 Å². The second-order valence-corrected chi connectivity index (χ2v) is 2.03. The molecule has 0 saturated heterocycles. The molecule has 0 fully saturated rings. The van der Waals surface area contributed by atoms with Crippen molar-refractivity contribution in [2.45, 2.75) is 12.5 Å². The number of aliphatic carboxylic acids is 1. The van der Waals surface area contributed by atoms with Crippen molar-refractivity contribution < 1.29 is 15.0 Å². The summed E-state index contributed by atoms with van der Waals surface area (Å²) < 4.78 is 0. The molecule has 0 amide bonds. The van der Waals surface area contributed by atoms with Crippen LogP contribution in [0.25, 0.3) is 10.4 Å². The van der Waals surface area contributed by atoms with Gasteiger partial charge in [0.1, 0.15) is 5.71 Å². The second-order valence-electron chi connectivity index (χ2n) is 2.03. The summed E-state index contributed by atoms with van der Waals surface area (Å²) >= 11 is 0. The Morgan fingerprint density at radius 3 is 2.67 bits per heavy atom. The first-order valence-electron chi connectivity index (χ1n) is 3.07. The summed E-state index contributed by atoms with van der Waals surface area (Å²) in [4.78, 5) is 12.5. The Morgan fingerprint density at radius 1 is 1.75 bits per heavy atom. The lowest BCUT2D eigenvalue weighted by atomic mass is 10.1. The molecule has 0 saturated carbocycles. The molecule has 66 valence electrons. The molecule has 1 unspecified atom stereocenters. The predicted molar refractivity (Wildman–Crippen MR) is 40.0 cm³/mol. The zero-order valence-electron chi connectivity index (χ0n) is 6.14. The largest absolute Gasteiger partial charge is 0.477 e. The van der Waals surface area contributed by atoms with Gasteiger partial charge in [0.05, 0.1) is 12.6 Å². The smallest absolute Gasteiger partial charge is 0.349 e. The molecule has 0 aliphatic heterocycles. The molecular formula is C5H8N4O3. The molecule has 0 aliphatic carbocycles. The van der Waals surface area contributed by atoms with E-state index in [4.69, 9.17) is 21.2 Å². The molecule has 0 heterocycles. The number of carbonyl (C=O) groups is 1. The SMILES string of the molecule is [N-]=[N+]=NC(CO)CC(=N)C(=O)O. The lowest BCUT2D eigenvalue weighted by Crippen LogP contribution is -2.20. The number of carboxylic acids is 1. The summed E-state index contributed by atoms with van der Waals surface area (Å²) in [6, 6.07) is -0.862. The first-order chi connectivity index (χ1) is 5.61. The van der Waals surface area contributed by atoms with Crippen LogP contribution in [0.15, 0.2) is 5.11 Å². The van der Waals surface area contributed by atoms with Gasteiger partial charge in [-0.2, -0.15) is 0 Å². The van der Waals surface area contributed by atoms with Crippen molar-refractivity contribution >= 4 is 11.7 Å². The maximum atomic E-state index is 10.1. The van der Waals surface area contributed by atoms with Crippen LogP contribution in [0.5, 0.6) is 0 Å². The van der Waals surface area contributed by atoms with Crippen LogP contribution < -0.4 is 0 Å². The Bertz CT molecular complexity index is 233. The van der Waals surface area contributed by atoms with Crippen LogP contribution in [0.1, 0.15) is 6.42 Å². The summed E-state index contributed by atoms with van der Waals surface area (Å²) in [5.41, 5.74) is 7.37. The second kappa shape index (κ2) is 5.11. The number of aliphatic hydroxyl groups excluding tert-OH is 1. The minimum absolute atomic E-state index is 0.254. The summed E-state index contributed by atoms with van der Waals surface area (Å²) in [5, 5.41) is 26.7. The van der Waals surface area contributed by atoms with Gasteiger partial charge in [0.2, 0.25) is 0 Å². The number of hydrogen-bond donors (Lipinski definition) is 3. The quantitative estimate of drug-likeness (QED) is 0.236. The monoisotopic (exact) mass is 172 g/mol. The fraction of sp³-hybridized carbons (Fsp3) is 0.600. The lowest BCUT2D eigenvalue weighted by molar-refractivity contribution is -0.129. The summed E-state index contributed by atoms with van der Waals surface area (Å²) in [7, 11) is 0. The van der Waals surface area contributed by atoms with Crippen LogP contribution in [0, 0.1) is 5.41 Å². The average Bonchev–Trinajstić information content (AvgIpc) is 2.03. The number of carboxylic acid groups (broad SMARTS) is 1. The Kier molecular flexibility index (Phi) is 4.43. The topological polar surface area (TPSA) is 130 Å². The number of azide groups is 1. The Hall–Kier alpha value is -1.59. The van der Waals surface area contributed by atoms with Crippen molar-refractivity contribution in [2.24, 2.45) is 5.11 Å². The van der Waals surface area contributed by atoms with Gasteiger partial charge >= 0.3 is 5.97 Å². The minimum atomic E-state index is -1.37. The maximum absolute atomic E-state index is 10.1. The number of nitrogens with one attached hydrogen (secondary N) is 1. The van der Waals surface area contributed by atoms with E-state index in [0.29, 0.717) is 0 Å². The third-order valence-corrected chi connectivity index (χ3v) is 1.12. The van der Waals surface area contributed by atoms with Crippen molar-refractivity contribution in [1.82, 2.24) is 0 Å². The highest BCUT2D eigenvalue weighted by atomic mass is 16.4. The normalized spacial score (nSPS) is 11.4. The highest BCUT2D eigenvalue weighted by Gasteiger charge is 2.13. The molecule has 0 aromatic rings. The molecule has 0 aromatic carbocycles. The highest BCUT2D eigenvalue weighted by Crippen LogP contribution is 1.98. The van der Waals surface area contributed by atoms with E-state index in [2.05, 4.69) is 10.0 Å². The molecule has 7 heteroatoms. The van der Waals surface area contributed by atoms with Gasteiger partial charge < -0.3 is 10.2 Å². The molecule has 1 atom stereocenters. The van der Waals surface area contributed by atoms with Gasteiger partial charge in [-0.25, -0.2) is 4.79 Å². The van der Waals surface area contributed by atoms with Gasteiger partial charge in [0.15, 0.2) is 0 Å². The fourth-order valence-electron chi connectivity index (χ4n) is 0.538. The van der Waals surface area contributed by atoms with E-state index in [9.17, 15) is 4.79 Å². The molecule has 7 nitrogen and oxygen atoms in total. The van der Waals surface area contributed by atoms with E-state index < -0.39 is 24.3 Å². The van der Waals surface area contributed by atoms with Crippen molar-refractivity contribution in [3.8, 4) is 0 Å². The van der Waals surface area contributed by atoms with Gasteiger partial charge in [-0.1, -0.05) is 5.11 Å². The van der Waals surface area contributed by atoms with E-state index >= 15 is 0 Å². The first-order valence-corrected chi connectivity index (χ1v) is 3.07. The molecule has 3 N–H and O–H groups in total. The Morgan fingerprint density at radius 2 is 2.33 bits per heavy atom. The van der Waals surface area contributed by atoms with Gasteiger partial charge in [0, 0.05) is 11.3 Å². The molecule has 0 bridgehead atoms. The summed E-state index contributed by atoms with van der Waals surface area (Å²) in [5.74, 6) is -1.37. The van der Waals surface area contributed by atoms with Crippen LogP contribution in [-0.4, -0.2) is 34.5 Å². The summed E-state index contributed by atoms with van der Waals surface area (Å²) in [6.45, 7) is -0.459. The van der Waals surface area contributed by atoms with Gasteiger partial charge in [-0.15, -0.1) is 0 Å². The van der Waals surface area contributed by atoms with Crippen molar-refractivity contribution in [1.29, 1.82) is 5.41 Å². The summed E-state index contributed by atoms with van der Waals surface area (Å²) in [6.07, 6.45) is -0.254. The van der Waals surface area contributed by atoms with Gasteiger partial charge in [0.25, 0.3) is 0 Å². The maximum Gasteiger partial charge on any atom is 0.349 e. The van der Waals surface area contributed by atoms with Crippen molar-refractivity contribution in [3.05, 3.63) is 10.4 Å². The Labute approximate surface area is 67.8 Å². The number of rotatable bonds is 5. The van der Waals surface area contributed by atoms with Crippen LogP contribution in [0.3, 0.4) is 0 Å². The number of hydrogen-bond acceptors (Lipinski definition) is 4. The van der Waals surface area contributed by atoms with E-state index in [-0.39, 0.29) is 6.42 Å². The average molecular weight is 172 g/mol. The van der Waals surface area contributed by atoms with Crippen molar-refractivity contribution in [2.75, 3.05) is 6.61 Å². The van der Waals surface area contributed by atoms with E-state index in [1.807, 2.05) is 0 Å². The molecule has 0 rings (SSSR count). The zero-order chi connectivity index (χ0) is 9.56. The fourth-order valence-corrected chi connectivity index (χ4v) is 0.538. The standard InChI is InChI=1S/C5H8N4O3/c6-4(5(11)12)1-3(2-10)8-9-7/h3,6,10H,1-2H2,(H,11,12). The lowest BCUT2D eigenvalue weighted by Gasteiger charge is -2.04. The van der Waals surface area contributed by atoms with Gasteiger partial charge in [-0.3, -0.25) is 5.41 Å². The molecule has 12 heavy (non-hydrogen) atoms. The van der Waals surface area contributed by atoms with E-state index in [1.165, 1.54) is 0 Å². The molecule has 0 radical (unpaired) electrons. The third-order valence-electron chi connectivity index (χ3n) is 1.12. The zero-order valence-corrected chi connectivity index (χ0v) is 6.14. The van der Waals surface area contributed by atoms with E-state index in [1.54, 1.807) is 0 Å². The minimum Gasteiger partial charge on any atom is -0.477 e. The molecular weight excluding hydrogens is 164 g/mol. The number of nitrogens with zero attached hydrogens (tertiary/aromatic N) is 3. The Balaban J connectivity index is 4.11. The predicted octanol–water partition coefficient (Wildman–Crippen LogP) is 0.152. The molecule has 0 aromatic heterocycles. The molecule has 0 spiro atoms. The van der Waals surface area contributed by atoms with Crippen LogP contribution in [0.4, 0.5) is 0 Å². The number of aliphatic hydroxyl groups is 1. The van der Waals surface area contributed by atoms with E-state index in [0.717, 1.165) is 0 Å². The van der Waals surface area contributed by atoms with Crippen LogP contribution in [0.2, 0.25) is 0 Å².